The van der Waals surface area contributed by atoms with E-state index < -0.39 is 23.7 Å². The molecular formula is C13H15F3N2O2S. The Morgan fingerprint density at radius 3 is 2.24 bits per heavy atom. The fraction of sp³-hybridized carbons (Fsp3) is 0.385. The summed E-state index contributed by atoms with van der Waals surface area (Å²) < 4.78 is 37.2. The van der Waals surface area contributed by atoms with Gasteiger partial charge in [0.1, 0.15) is 6.04 Å². The second-order valence-corrected chi connectivity index (χ2v) is 4.71. The highest BCUT2D eigenvalue weighted by Crippen LogP contribution is 2.28. The number of carbonyl (C=O) groups is 2. The van der Waals surface area contributed by atoms with Gasteiger partial charge in [-0.15, -0.1) is 0 Å². The van der Waals surface area contributed by atoms with Gasteiger partial charge in [-0.3, -0.25) is 9.59 Å². The van der Waals surface area contributed by atoms with Gasteiger partial charge in [-0.2, -0.15) is 25.8 Å². The Balaban J connectivity index is 2.58. The van der Waals surface area contributed by atoms with Crippen LogP contribution in [0.3, 0.4) is 0 Å². The molecule has 0 aliphatic carbocycles. The second kappa shape index (κ2) is 7.35. The average molecular weight is 320 g/mol. The highest BCUT2D eigenvalue weighted by molar-refractivity contribution is 7.80. The Hall–Kier alpha value is -1.70. The number of halogens is 3. The molecular weight excluding hydrogens is 305 g/mol. The Kier molecular flexibility index (Phi) is 6.07. The van der Waals surface area contributed by atoms with Crippen molar-refractivity contribution < 1.29 is 22.8 Å². The van der Waals surface area contributed by atoms with Crippen LogP contribution in [-0.4, -0.2) is 23.6 Å². The lowest BCUT2D eigenvalue weighted by Crippen LogP contribution is -2.47. The van der Waals surface area contributed by atoms with Crippen LogP contribution < -0.4 is 10.6 Å². The van der Waals surface area contributed by atoms with Gasteiger partial charge < -0.3 is 10.6 Å². The van der Waals surface area contributed by atoms with Crippen molar-refractivity contribution in [3.05, 3.63) is 35.4 Å². The van der Waals surface area contributed by atoms with Gasteiger partial charge >= 0.3 is 6.18 Å². The molecule has 0 saturated heterocycles. The number of rotatable bonds is 5. The van der Waals surface area contributed by atoms with Crippen molar-refractivity contribution in [1.29, 1.82) is 0 Å². The molecule has 0 fully saturated rings. The standard InChI is InChI=1S/C13H15F3N2O2S/c1-8(19)18-11(7-21)12(20)17-6-9-2-4-10(5-3-9)13(14,15)16/h2-5,11,21H,6-7H2,1H3,(H,17,20)(H,18,19). The van der Waals surface area contributed by atoms with Gasteiger partial charge in [0.25, 0.3) is 0 Å². The predicted molar refractivity (Wildman–Crippen MR) is 74.7 cm³/mol. The highest BCUT2D eigenvalue weighted by atomic mass is 32.1. The van der Waals surface area contributed by atoms with Crippen molar-refractivity contribution in [3.63, 3.8) is 0 Å². The summed E-state index contributed by atoms with van der Waals surface area (Å²) >= 11 is 3.95. The van der Waals surface area contributed by atoms with Gasteiger partial charge in [0.2, 0.25) is 11.8 Å². The minimum atomic E-state index is -4.38. The first-order chi connectivity index (χ1) is 9.74. The van der Waals surface area contributed by atoms with Gasteiger partial charge in [0, 0.05) is 19.2 Å². The predicted octanol–water partition coefficient (Wildman–Crippen LogP) is 1.76. The number of hydrogen-bond acceptors (Lipinski definition) is 3. The molecule has 0 aliphatic heterocycles. The van der Waals surface area contributed by atoms with Crippen molar-refractivity contribution in [2.45, 2.75) is 25.7 Å². The Bertz CT molecular complexity index is 503. The molecule has 0 saturated carbocycles. The fourth-order valence-electron chi connectivity index (χ4n) is 1.56. The smallest absolute Gasteiger partial charge is 0.350 e. The summed E-state index contributed by atoms with van der Waals surface area (Å²) in [5, 5.41) is 4.95. The molecule has 1 aromatic carbocycles. The number of amides is 2. The molecule has 0 bridgehead atoms. The van der Waals surface area contributed by atoms with Crippen molar-refractivity contribution in [3.8, 4) is 0 Å². The zero-order chi connectivity index (χ0) is 16.0. The normalized spacial score (nSPS) is 12.6. The molecule has 0 aliphatic rings. The first kappa shape index (κ1) is 17.4. The number of nitrogens with one attached hydrogen (secondary N) is 2. The van der Waals surface area contributed by atoms with Crippen LogP contribution in [0.4, 0.5) is 13.2 Å². The lowest BCUT2D eigenvalue weighted by molar-refractivity contribution is -0.137. The van der Waals surface area contributed by atoms with E-state index in [1.807, 2.05) is 0 Å². The molecule has 1 unspecified atom stereocenters. The molecule has 4 nitrogen and oxygen atoms in total. The summed E-state index contributed by atoms with van der Waals surface area (Å²) in [6.07, 6.45) is -4.38. The SMILES string of the molecule is CC(=O)NC(CS)C(=O)NCc1ccc(C(F)(F)F)cc1. The summed E-state index contributed by atoms with van der Waals surface area (Å²) in [5.41, 5.74) is -0.221. The van der Waals surface area contributed by atoms with Crippen LogP contribution in [0, 0.1) is 0 Å². The fourth-order valence-corrected chi connectivity index (χ4v) is 1.82. The zero-order valence-electron chi connectivity index (χ0n) is 11.2. The van der Waals surface area contributed by atoms with Crippen LogP contribution in [0.5, 0.6) is 0 Å². The molecule has 1 atom stereocenters. The van der Waals surface area contributed by atoms with E-state index in [1.165, 1.54) is 19.1 Å². The van der Waals surface area contributed by atoms with Crippen LogP contribution in [0.1, 0.15) is 18.1 Å². The van der Waals surface area contributed by atoms with E-state index >= 15 is 0 Å². The van der Waals surface area contributed by atoms with E-state index in [1.54, 1.807) is 0 Å². The van der Waals surface area contributed by atoms with E-state index in [4.69, 9.17) is 0 Å². The maximum Gasteiger partial charge on any atom is 0.416 e. The van der Waals surface area contributed by atoms with Gasteiger partial charge in [-0.05, 0) is 17.7 Å². The maximum atomic E-state index is 12.4. The number of alkyl halides is 3. The molecule has 116 valence electrons. The minimum absolute atomic E-state index is 0.0703. The number of carbonyl (C=O) groups excluding carboxylic acids is 2. The second-order valence-electron chi connectivity index (χ2n) is 4.35. The summed E-state index contributed by atoms with van der Waals surface area (Å²) in [6, 6.07) is 3.70. The van der Waals surface area contributed by atoms with Crippen LogP contribution in [0.2, 0.25) is 0 Å². The first-order valence-electron chi connectivity index (χ1n) is 6.06. The lowest BCUT2D eigenvalue weighted by Gasteiger charge is -2.15. The van der Waals surface area contributed by atoms with E-state index in [-0.39, 0.29) is 18.2 Å². The Morgan fingerprint density at radius 1 is 1.24 bits per heavy atom. The molecule has 8 heteroatoms. The van der Waals surface area contributed by atoms with Crippen molar-refractivity contribution >= 4 is 24.4 Å². The van der Waals surface area contributed by atoms with Crippen molar-refractivity contribution in [2.75, 3.05) is 5.75 Å². The topological polar surface area (TPSA) is 58.2 Å². The van der Waals surface area contributed by atoms with Crippen LogP contribution >= 0.6 is 12.6 Å². The molecule has 0 heterocycles. The molecule has 0 radical (unpaired) electrons. The highest BCUT2D eigenvalue weighted by Gasteiger charge is 2.29. The van der Waals surface area contributed by atoms with E-state index in [0.29, 0.717) is 5.56 Å². The average Bonchev–Trinajstić information content (AvgIpc) is 2.41. The van der Waals surface area contributed by atoms with E-state index in [0.717, 1.165) is 12.1 Å². The maximum absolute atomic E-state index is 12.4. The molecule has 0 aromatic heterocycles. The first-order valence-corrected chi connectivity index (χ1v) is 6.69. The molecule has 2 amide bonds. The Morgan fingerprint density at radius 2 is 1.81 bits per heavy atom. The van der Waals surface area contributed by atoms with Gasteiger partial charge in [0.15, 0.2) is 0 Å². The number of benzene rings is 1. The summed E-state index contributed by atoms with van der Waals surface area (Å²) in [5.74, 6) is -0.683. The number of thiol groups is 1. The van der Waals surface area contributed by atoms with Gasteiger partial charge in [-0.1, -0.05) is 12.1 Å². The molecule has 0 spiro atoms. The number of hydrogen-bond donors (Lipinski definition) is 3. The van der Waals surface area contributed by atoms with Gasteiger partial charge in [0.05, 0.1) is 5.56 Å². The largest absolute Gasteiger partial charge is 0.416 e. The summed E-state index contributed by atoms with van der Waals surface area (Å²) in [4.78, 5) is 22.6. The summed E-state index contributed by atoms with van der Waals surface area (Å²) in [6.45, 7) is 1.35. The van der Waals surface area contributed by atoms with E-state index in [9.17, 15) is 22.8 Å². The molecule has 2 N–H and O–H groups in total. The zero-order valence-corrected chi connectivity index (χ0v) is 12.1. The summed E-state index contributed by atoms with van der Waals surface area (Å²) in [7, 11) is 0. The van der Waals surface area contributed by atoms with Crippen molar-refractivity contribution in [1.82, 2.24) is 10.6 Å². The van der Waals surface area contributed by atoms with Crippen molar-refractivity contribution in [2.24, 2.45) is 0 Å². The Labute approximate surface area is 125 Å². The molecule has 1 aromatic rings. The third-order valence-electron chi connectivity index (χ3n) is 2.62. The minimum Gasteiger partial charge on any atom is -0.350 e. The monoisotopic (exact) mass is 320 g/mol. The van der Waals surface area contributed by atoms with Gasteiger partial charge in [-0.25, -0.2) is 0 Å². The molecule has 21 heavy (non-hydrogen) atoms. The third kappa shape index (κ3) is 5.66. The van der Waals surface area contributed by atoms with Crippen LogP contribution in [0.25, 0.3) is 0 Å². The molecule has 1 rings (SSSR count). The van der Waals surface area contributed by atoms with E-state index in [2.05, 4.69) is 23.3 Å². The lowest BCUT2D eigenvalue weighted by atomic mass is 10.1. The third-order valence-corrected chi connectivity index (χ3v) is 2.99. The van der Waals surface area contributed by atoms with Crippen LogP contribution in [0.15, 0.2) is 24.3 Å². The van der Waals surface area contributed by atoms with Crippen LogP contribution in [-0.2, 0) is 22.3 Å². The quantitative estimate of drug-likeness (QED) is 0.724.